The molecule has 1 heterocycles. The number of nitrogens with one attached hydrogen (secondary N) is 1. The van der Waals surface area contributed by atoms with Crippen LogP contribution < -0.4 is 11.1 Å². The van der Waals surface area contributed by atoms with Crippen molar-refractivity contribution in [3.63, 3.8) is 0 Å². The van der Waals surface area contributed by atoms with E-state index in [1.807, 2.05) is 18.2 Å². The van der Waals surface area contributed by atoms with Crippen LogP contribution in [0.25, 0.3) is 0 Å². The molecule has 3 heteroatoms. The second kappa shape index (κ2) is 5.94. The van der Waals surface area contributed by atoms with Crippen molar-refractivity contribution in [1.82, 2.24) is 5.32 Å². The lowest BCUT2D eigenvalue weighted by atomic mass is 9.89. The van der Waals surface area contributed by atoms with Crippen LogP contribution in [0.5, 0.6) is 0 Å². The molecule has 1 aromatic rings. The number of benzene rings is 1. The van der Waals surface area contributed by atoms with Crippen LogP contribution in [0.15, 0.2) is 24.3 Å². The van der Waals surface area contributed by atoms with Crippen LogP contribution in [-0.2, 0) is 0 Å². The first-order valence-corrected chi connectivity index (χ1v) is 6.35. The molecule has 0 atom stereocenters. The zero-order valence-electron chi connectivity index (χ0n) is 10.1. The Morgan fingerprint density at radius 3 is 2.82 bits per heavy atom. The van der Waals surface area contributed by atoms with E-state index >= 15 is 0 Å². The van der Waals surface area contributed by atoms with E-state index in [1.165, 1.54) is 5.56 Å². The first-order chi connectivity index (χ1) is 8.31. The van der Waals surface area contributed by atoms with Crippen molar-refractivity contribution in [2.75, 3.05) is 19.6 Å². The third-order valence-electron chi connectivity index (χ3n) is 3.39. The fraction of sp³-hybridized carbons (Fsp3) is 0.500. The predicted molar refractivity (Wildman–Crippen MR) is 69.3 cm³/mol. The SMILES string of the molecule is NCCC(=O)c1cccc(C2CCNCC2)c1. The Morgan fingerprint density at radius 1 is 1.35 bits per heavy atom. The van der Waals surface area contributed by atoms with Crippen molar-refractivity contribution in [3.8, 4) is 0 Å². The van der Waals surface area contributed by atoms with E-state index in [9.17, 15) is 4.79 Å². The van der Waals surface area contributed by atoms with Crippen LogP contribution >= 0.6 is 0 Å². The number of Topliss-reactive ketones (excluding diaryl/α,β-unsaturated/α-hetero) is 1. The molecule has 17 heavy (non-hydrogen) atoms. The van der Waals surface area contributed by atoms with Gasteiger partial charge in [-0.25, -0.2) is 0 Å². The fourth-order valence-electron chi connectivity index (χ4n) is 2.40. The summed E-state index contributed by atoms with van der Waals surface area (Å²) in [6.45, 7) is 2.58. The molecule has 3 nitrogen and oxygen atoms in total. The molecule has 0 radical (unpaired) electrons. The molecule has 1 aliphatic heterocycles. The molecule has 0 bridgehead atoms. The summed E-state index contributed by atoms with van der Waals surface area (Å²) in [7, 11) is 0. The number of carbonyl (C=O) groups excluding carboxylic acids is 1. The molecule has 2 rings (SSSR count). The minimum atomic E-state index is 0.156. The van der Waals surface area contributed by atoms with E-state index in [2.05, 4.69) is 11.4 Å². The van der Waals surface area contributed by atoms with Crippen LogP contribution in [0, 0.1) is 0 Å². The van der Waals surface area contributed by atoms with Gasteiger partial charge in [-0.2, -0.15) is 0 Å². The minimum Gasteiger partial charge on any atom is -0.330 e. The second-order valence-electron chi connectivity index (χ2n) is 4.61. The maximum atomic E-state index is 11.8. The Balaban J connectivity index is 2.12. The first-order valence-electron chi connectivity index (χ1n) is 6.35. The Bertz CT molecular complexity index is 384. The lowest BCUT2D eigenvalue weighted by molar-refractivity contribution is 0.0985. The highest BCUT2D eigenvalue weighted by Gasteiger charge is 2.16. The number of hydrogen-bond donors (Lipinski definition) is 2. The van der Waals surface area contributed by atoms with Crippen molar-refractivity contribution in [2.45, 2.75) is 25.2 Å². The van der Waals surface area contributed by atoms with E-state index < -0.39 is 0 Å². The molecule has 1 saturated heterocycles. The summed E-state index contributed by atoms with van der Waals surface area (Å²) >= 11 is 0. The Labute approximate surface area is 102 Å². The summed E-state index contributed by atoms with van der Waals surface area (Å²) in [6, 6.07) is 8.06. The maximum absolute atomic E-state index is 11.8. The first kappa shape index (κ1) is 12.3. The number of piperidine rings is 1. The van der Waals surface area contributed by atoms with Crippen molar-refractivity contribution in [1.29, 1.82) is 0 Å². The van der Waals surface area contributed by atoms with Crippen molar-refractivity contribution >= 4 is 5.78 Å². The fourth-order valence-corrected chi connectivity index (χ4v) is 2.40. The second-order valence-corrected chi connectivity index (χ2v) is 4.61. The van der Waals surface area contributed by atoms with Crippen LogP contribution in [0.1, 0.15) is 41.1 Å². The van der Waals surface area contributed by atoms with Gasteiger partial charge in [0, 0.05) is 12.0 Å². The molecular weight excluding hydrogens is 212 g/mol. The molecule has 0 amide bonds. The van der Waals surface area contributed by atoms with Gasteiger partial charge in [0.1, 0.15) is 0 Å². The zero-order chi connectivity index (χ0) is 12.1. The van der Waals surface area contributed by atoms with Crippen LogP contribution in [0.3, 0.4) is 0 Å². The molecule has 0 saturated carbocycles. The van der Waals surface area contributed by atoms with Gasteiger partial charge in [0.15, 0.2) is 5.78 Å². The molecule has 1 aromatic carbocycles. The number of ketones is 1. The molecule has 92 valence electrons. The normalized spacial score (nSPS) is 17.0. The van der Waals surface area contributed by atoms with Crippen LogP contribution in [-0.4, -0.2) is 25.4 Å². The highest BCUT2D eigenvalue weighted by molar-refractivity contribution is 5.96. The van der Waals surface area contributed by atoms with Gasteiger partial charge in [-0.05, 0) is 50.0 Å². The van der Waals surface area contributed by atoms with Crippen molar-refractivity contribution in [2.24, 2.45) is 5.73 Å². The molecule has 0 unspecified atom stereocenters. The van der Waals surface area contributed by atoms with Gasteiger partial charge in [-0.3, -0.25) is 4.79 Å². The molecule has 1 aliphatic rings. The highest BCUT2D eigenvalue weighted by atomic mass is 16.1. The Hall–Kier alpha value is -1.19. The summed E-state index contributed by atoms with van der Waals surface area (Å²) < 4.78 is 0. The summed E-state index contributed by atoms with van der Waals surface area (Å²) in [5.74, 6) is 0.755. The topological polar surface area (TPSA) is 55.1 Å². The third-order valence-corrected chi connectivity index (χ3v) is 3.39. The Kier molecular flexibility index (Phi) is 4.29. The molecule has 0 spiro atoms. The lowest BCUT2D eigenvalue weighted by Gasteiger charge is -2.23. The smallest absolute Gasteiger partial charge is 0.164 e. The van der Waals surface area contributed by atoms with E-state index in [-0.39, 0.29) is 5.78 Å². The van der Waals surface area contributed by atoms with Gasteiger partial charge in [0.2, 0.25) is 0 Å². The van der Waals surface area contributed by atoms with E-state index in [0.717, 1.165) is 31.5 Å². The minimum absolute atomic E-state index is 0.156. The molecule has 1 fully saturated rings. The predicted octanol–water partition coefficient (Wildman–Crippen LogP) is 1.69. The van der Waals surface area contributed by atoms with E-state index in [4.69, 9.17) is 5.73 Å². The molecule has 0 aliphatic carbocycles. The van der Waals surface area contributed by atoms with Crippen LogP contribution in [0.2, 0.25) is 0 Å². The van der Waals surface area contributed by atoms with Gasteiger partial charge in [-0.1, -0.05) is 18.2 Å². The van der Waals surface area contributed by atoms with Gasteiger partial charge in [0.05, 0.1) is 0 Å². The maximum Gasteiger partial charge on any atom is 0.164 e. The van der Waals surface area contributed by atoms with Gasteiger partial charge >= 0.3 is 0 Å². The van der Waals surface area contributed by atoms with Crippen molar-refractivity contribution < 1.29 is 4.79 Å². The number of rotatable bonds is 4. The lowest BCUT2D eigenvalue weighted by Crippen LogP contribution is -2.26. The average Bonchev–Trinajstić information content (AvgIpc) is 2.40. The quantitative estimate of drug-likeness (QED) is 0.777. The Morgan fingerprint density at radius 2 is 2.12 bits per heavy atom. The molecule has 3 N–H and O–H groups in total. The number of nitrogens with two attached hydrogens (primary N) is 1. The average molecular weight is 232 g/mol. The number of carbonyl (C=O) groups is 1. The standard InChI is InChI=1S/C14H20N2O/c15-7-4-14(17)13-3-1-2-12(10-13)11-5-8-16-9-6-11/h1-3,10-11,16H,4-9,15H2. The summed E-state index contributed by atoms with van der Waals surface area (Å²) in [5, 5.41) is 3.36. The van der Waals surface area contributed by atoms with Gasteiger partial charge < -0.3 is 11.1 Å². The van der Waals surface area contributed by atoms with Gasteiger partial charge in [0.25, 0.3) is 0 Å². The monoisotopic (exact) mass is 232 g/mol. The van der Waals surface area contributed by atoms with Crippen LogP contribution in [0.4, 0.5) is 0 Å². The molecule has 0 aromatic heterocycles. The summed E-state index contributed by atoms with van der Waals surface area (Å²) in [5.41, 5.74) is 7.53. The van der Waals surface area contributed by atoms with E-state index in [0.29, 0.717) is 18.9 Å². The van der Waals surface area contributed by atoms with Gasteiger partial charge in [-0.15, -0.1) is 0 Å². The largest absolute Gasteiger partial charge is 0.330 e. The number of hydrogen-bond acceptors (Lipinski definition) is 3. The van der Waals surface area contributed by atoms with Crippen molar-refractivity contribution in [3.05, 3.63) is 35.4 Å². The zero-order valence-corrected chi connectivity index (χ0v) is 10.1. The van der Waals surface area contributed by atoms with E-state index in [1.54, 1.807) is 0 Å². The highest BCUT2D eigenvalue weighted by Crippen LogP contribution is 2.25. The molecular formula is C14H20N2O. The third kappa shape index (κ3) is 3.14. The summed E-state index contributed by atoms with van der Waals surface area (Å²) in [4.78, 5) is 11.8. The summed E-state index contributed by atoms with van der Waals surface area (Å²) in [6.07, 6.45) is 2.76.